The van der Waals surface area contributed by atoms with Gasteiger partial charge in [0.05, 0.1) is 12.1 Å². The molecule has 4 rings (SSSR count). The average molecular weight is 345 g/mol. The summed E-state index contributed by atoms with van der Waals surface area (Å²) in [7, 11) is 1.92. The summed E-state index contributed by atoms with van der Waals surface area (Å²) in [5.41, 5.74) is 7.62. The topological polar surface area (TPSA) is 65.2 Å². The summed E-state index contributed by atoms with van der Waals surface area (Å²) in [6.07, 6.45) is 10.8. The first-order chi connectivity index (χ1) is 12.1. The Hall–Kier alpha value is -1.24. The van der Waals surface area contributed by atoms with Crippen LogP contribution in [0.15, 0.2) is 16.8 Å². The summed E-state index contributed by atoms with van der Waals surface area (Å²) in [4.78, 5) is 23.9. The molecule has 0 spiro atoms. The minimum Gasteiger partial charge on any atom is -0.343 e. The molecule has 2 N–H and O–H groups in total. The fraction of sp³-hybridized carbons (Fsp3) is 0.789. The molecule has 1 saturated carbocycles. The van der Waals surface area contributed by atoms with Crippen molar-refractivity contribution in [3.05, 3.63) is 11.8 Å². The van der Waals surface area contributed by atoms with Crippen molar-refractivity contribution >= 4 is 12.1 Å². The summed E-state index contributed by atoms with van der Waals surface area (Å²) in [5.74, 6) is 0.856. The van der Waals surface area contributed by atoms with E-state index in [0.29, 0.717) is 5.92 Å². The molecule has 0 bridgehead atoms. The average Bonchev–Trinajstić information content (AvgIpc) is 2.66. The second-order valence-corrected chi connectivity index (χ2v) is 8.08. The zero-order valence-electron chi connectivity index (χ0n) is 15.3. The van der Waals surface area contributed by atoms with E-state index in [9.17, 15) is 4.79 Å². The first kappa shape index (κ1) is 17.2. The summed E-state index contributed by atoms with van der Waals surface area (Å²) >= 11 is 0. The van der Waals surface area contributed by atoms with Crippen molar-refractivity contribution in [1.29, 1.82) is 0 Å². The molecular formula is C19H31N5O. The van der Waals surface area contributed by atoms with Crippen molar-refractivity contribution in [3.8, 4) is 0 Å². The molecule has 25 heavy (non-hydrogen) atoms. The monoisotopic (exact) mass is 345 g/mol. The molecule has 3 atom stereocenters. The molecule has 4 aliphatic rings. The SMILES string of the molecule is CN1CCN2CCN(C3C=C(C4CCCCC4)N=CC3N)CC2C1=O. The van der Waals surface area contributed by atoms with E-state index in [1.54, 1.807) is 0 Å². The van der Waals surface area contributed by atoms with Crippen LogP contribution in [-0.2, 0) is 4.79 Å². The van der Waals surface area contributed by atoms with Crippen LogP contribution in [-0.4, -0.2) is 84.7 Å². The summed E-state index contributed by atoms with van der Waals surface area (Å²) in [5, 5.41) is 0. The normalized spacial score (nSPS) is 35.6. The van der Waals surface area contributed by atoms with Gasteiger partial charge in [-0.05, 0) is 18.9 Å². The lowest BCUT2D eigenvalue weighted by Crippen LogP contribution is -2.66. The molecule has 1 aliphatic carbocycles. The smallest absolute Gasteiger partial charge is 0.241 e. The van der Waals surface area contributed by atoms with E-state index < -0.39 is 0 Å². The van der Waals surface area contributed by atoms with Gasteiger partial charge in [0.1, 0.15) is 6.04 Å². The van der Waals surface area contributed by atoms with Crippen molar-refractivity contribution in [2.24, 2.45) is 16.6 Å². The summed E-state index contributed by atoms with van der Waals surface area (Å²) < 4.78 is 0. The van der Waals surface area contributed by atoms with E-state index in [-0.39, 0.29) is 24.0 Å². The lowest BCUT2D eigenvalue weighted by Gasteiger charge is -2.48. The minimum absolute atomic E-state index is 0.00917. The number of nitrogens with two attached hydrogens (primary N) is 1. The first-order valence-corrected chi connectivity index (χ1v) is 9.88. The second kappa shape index (κ2) is 7.17. The van der Waals surface area contributed by atoms with E-state index in [1.807, 2.05) is 18.2 Å². The molecule has 3 fully saturated rings. The van der Waals surface area contributed by atoms with Crippen LogP contribution in [0.4, 0.5) is 0 Å². The van der Waals surface area contributed by atoms with Crippen LogP contribution in [0.3, 0.4) is 0 Å². The van der Waals surface area contributed by atoms with Crippen molar-refractivity contribution in [2.45, 2.75) is 50.2 Å². The Morgan fingerprint density at radius 3 is 2.60 bits per heavy atom. The Morgan fingerprint density at radius 2 is 1.80 bits per heavy atom. The Kier molecular flexibility index (Phi) is 4.93. The van der Waals surface area contributed by atoms with Crippen molar-refractivity contribution in [1.82, 2.24) is 14.7 Å². The number of hydrogen-bond donors (Lipinski definition) is 1. The molecule has 0 radical (unpaired) electrons. The van der Waals surface area contributed by atoms with Crippen molar-refractivity contribution in [2.75, 3.05) is 39.8 Å². The predicted molar refractivity (Wildman–Crippen MR) is 99.5 cm³/mol. The first-order valence-electron chi connectivity index (χ1n) is 9.88. The molecule has 0 aromatic carbocycles. The number of likely N-dealkylation sites (N-methyl/N-ethyl adjacent to an activating group) is 1. The number of hydrogen-bond acceptors (Lipinski definition) is 5. The molecular weight excluding hydrogens is 314 g/mol. The van der Waals surface area contributed by atoms with Crippen LogP contribution in [0.2, 0.25) is 0 Å². The number of amides is 1. The number of aliphatic imine (C=N–C) groups is 1. The number of nitrogens with zero attached hydrogens (tertiary/aromatic N) is 4. The minimum atomic E-state index is -0.0738. The van der Waals surface area contributed by atoms with Gasteiger partial charge in [-0.1, -0.05) is 19.3 Å². The Bertz CT molecular complexity index is 568. The largest absolute Gasteiger partial charge is 0.343 e. The highest BCUT2D eigenvalue weighted by Crippen LogP contribution is 2.32. The third-order valence-electron chi connectivity index (χ3n) is 6.48. The lowest BCUT2D eigenvalue weighted by atomic mass is 9.85. The summed E-state index contributed by atoms with van der Waals surface area (Å²) in [6, 6.07) is 0.0945. The van der Waals surface area contributed by atoms with Gasteiger partial charge < -0.3 is 10.6 Å². The number of allylic oxidation sites excluding steroid dienone is 1. The maximum absolute atomic E-state index is 12.6. The van der Waals surface area contributed by atoms with Gasteiger partial charge >= 0.3 is 0 Å². The molecule has 6 nitrogen and oxygen atoms in total. The van der Waals surface area contributed by atoms with Gasteiger partial charge in [0.15, 0.2) is 0 Å². The molecule has 2 saturated heterocycles. The van der Waals surface area contributed by atoms with Crippen LogP contribution in [0.5, 0.6) is 0 Å². The Morgan fingerprint density at radius 1 is 1.08 bits per heavy atom. The van der Waals surface area contributed by atoms with Crippen molar-refractivity contribution < 1.29 is 4.79 Å². The zero-order valence-corrected chi connectivity index (χ0v) is 15.3. The van der Waals surface area contributed by atoms with Gasteiger partial charge in [-0.25, -0.2) is 0 Å². The maximum Gasteiger partial charge on any atom is 0.241 e. The molecule has 3 aliphatic heterocycles. The second-order valence-electron chi connectivity index (χ2n) is 8.08. The van der Waals surface area contributed by atoms with Crippen LogP contribution >= 0.6 is 0 Å². The maximum atomic E-state index is 12.6. The fourth-order valence-electron chi connectivity index (χ4n) is 4.84. The third kappa shape index (κ3) is 3.39. The van der Waals surface area contributed by atoms with Gasteiger partial charge in [-0.15, -0.1) is 0 Å². The van der Waals surface area contributed by atoms with Gasteiger partial charge in [0.2, 0.25) is 5.91 Å². The van der Waals surface area contributed by atoms with Gasteiger partial charge in [0, 0.05) is 57.6 Å². The van der Waals surface area contributed by atoms with Gasteiger partial charge in [0.25, 0.3) is 0 Å². The van der Waals surface area contributed by atoms with Crippen LogP contribution < -0.4 is 5.73 Å². The molecule has 138 valence electrons. The van der Waals surface area contributed by atoms with Crippen LogP contribution in [0, 0.1) is 5.92 Å². The standard InChI is InChI=1S/C19H31N5O/c1-22-7-8-23-9-10-24(13-18(23)19(22)25)17-11-16(21-12-15(17)20)14-5-3-2-4-6-14/h11-12,14-15,17-18H,2-10,13,20H2,1H3. The van der Waals surface area contributed by atoms with E-state index in [4.69, 9.17) is 5.73 Å². The molecule has 6 heteroatoms. The molecule has 0 aromatic rings. The zero-order chi connectivity index (χ0) is 17.4. The number of carbonyl (C=O) groups is 1. The lowest BCUT2D eigenvalue weighted by molar-refractivity contribution is -0.143. The van der Waals surface area contributed by atoms with E-state index >= 15 is 0 Å². The number of fused-ring (bicyclic) bond motifs is 1. The van der Waals surface area contributed by atoms with Crippen LogP contribution in [0.25, 0.3) is 0 Å². The molecule has 3 heterocycles. The van der Waals surface area contributed by atoms with Gasteiger partial charge in [-0.3, -0.25) is 19.6 Å². The summed E-state index contributed by atoms with van der Waals surface area (Å²) in [6.45, 7) is 4.55. The van der Waals surface area contributed by atoms with E-state index in [0.717, 1.165) is 32.7 Å². The Labute approximate surface area is 150 Å². The number of carbonyl (C=O) groups excluding carboxylic acids is 1. The number of rotatable bonds is 2. The third-order valence-corrected chi connectivity index (χ3v) is 6.48. The highest BCUT2D eigenvalue weighted by molar-refractivity contribution is 5.83. The fourth-order valence-corrected chi connectivity index (χ4v) is 4.84. The highest BCUT2D eigenvalue weighted by Gasteiger charge is 2.40. The van der Waals surface area contributed by atoms with E-state index in [2.05, 4.69) is 20.9 Å². The highest BCUT2D eigenvalue weighted by atomic mass is 16.2. The van der Waals surface area contributed by atoms with Crippen LogP contribution in [0.1, 0.15) is 32.1 Å². The molecule has 1 amide bonds. The quantitative estimate of drug-likeness (QED) is 0.800. The molecule has 3 unspecified atom stereocenters. The van der Waals surface area contributed by atoms with E-state index in [1.165, 1.54) is 37.8 Å². The Balaban J connectivity index is 1.49. The predicted octanol–water partition coefficient (Wildman–Crippen LogP) is 0.689. The molecule has 0 aromatic heterocycles. The van der Waals surface area contributed by atoms with Gasteiger partial charge in [-0.2, -0.15) is 0 Å². The van der Waals surface area contributed by atoms with Crippen molar-refractivity contribution in [3.63, 3.8) is 0 Å². The number of piperazine rings is 2.